The predicted octanol–water partition coefficient (Wildman–Crippen LogP) is 2.47. The van der Waals surface area contributed by atoms with Crippen molar-refractivity contribution in [3.63, 3.8) is 0 Å². The molecule has 1 aliphatic rings. The topological polar surface area (TPSA) is 60.8 Å². The lowest BCUT2D eigenvalue weighted by atomic mass is 9.94. The highest BCUT2D eigenvalue weighted by Gasteiger charge is 2.37. The van der Waals surface area contributed by atoms with Gasteiger partial charge in [-0.25, -0.2) is 0 Å². The third-order valence-corrected chi connectivity index (χ3v) is 4.31. The zero-order valence-corrected chi connectivity index (χ0v) is 13.4. The van der Waals surface area contributed by atoms with Crippen LogP contribution in [0.5, 0.6) is 0 Å². The Balaban J connectivity index is 2.22. The van der Waals surface area contributed by atoms with E-state index in [-0.39, 0.29) is 25.8 Å². The Labute approximate surface area is 145 Å². The maximum absolute atomic E-state index is 12.8. The summed E-state index contributed by atoms with van der Waals surface area (Å²) in [6.45, 7) is -0.243. The van der Waals surface area contributed by atoms with E-state index in [1.807, 2.05) is 0 Å². The Morgan fingerprint density at radius 3 is 2.04 bits per heavy atom. The number of carbonyl (C=O) groups is 1. The number of aliphatic hydroxyl groups is 2. The van der Waals surface area contributed by atoms with E-state index >= 15 is 0 Å². The summed E-state index contributed by atoms with van der Waals surface area (Å²) in [7, 11) is 0. The molecule has 0 aromatic heterocycles. The van der Waals surface area contributed by atoms with Gasteiger partial charge < -0.3 is 15.1 Å². The van der Waals surface area contributed by atoms with Crippen LogP contribution in [0.2, 0.25) is 0 Å². The molecule has 1 aromatic carbocycles. The second kappa shape index (κ2) is 7.43. The number of hydrogen-bond acceptors (Lipinski definition) is 3. The van der Waals surface area contributed by atoms with E-state index in [1.54, 1.807) is 0 Å². The molecule has 0 spiro atoms. The van der Waals surface area contributed by atoms with Crippen molar-refractivity contribution in [2.45, 2.75) is 31.3 Å². The van der Waals surface area contributed by atoms with Crippen LogP contribution in [0.1, 0.15) is 23.1 Å². The first-order chi connectivity index (χ1) is 11.9. The van der Waals surface area contributed by atoms with Gasteiger partial charge in [0, 0.05) is 25.6 Å². The van der Waals surface area contributed by atoms with Crippen molar-refractivity contribution in [1.82, 2.24) is 4.90 Å². The Hall–Kier alpha value is -1.81. The van der Waals surface area contributed by atoms with Crippen LogP contribution < -0.4 is 0 Å². The van der Waals surface area contributed by atoms with E-state index in [1.165, 1.54) is 4.90 Å². The second-order valence-electron chi connectivity index (χ2n) is 6.23. The van der Waals surface area contributed by atoms with Gasteiger partial charge in [0.1, 0.15) is 0 Å². The number of alkyl halides is 6. The standard InChI is InChI=1S/C16H17F6NO3/c17-15(18,19)11-3-9(4-12(6-11)16(20,21)22)5-14(26)23-2-1-10(8-24)13(25)7-23/h3-4,6,10,13,24-25H,1-2,5,7-8H2/t10-,13-/m1/s1. The summed E-state index contributed by atoms with van der Waals surface area (Å²) < 4.78 is 77.1. The summed E-state index contributed by atoms with van der Waals surface area (Å²) in [5.74, 6) is -1.10. The zero-order valence-electron chi connectivity index (χ0n) is 13.4. The molecule has 146 valence electrons. The van der Waals surface area contributed by atoms with Gasteiger partial charge in [0.25, 0.3) is 0 Å². The second-order valence-corrected chi connectivity index (χ2v) is 6.23. The smallest absolute Gasteiger partial charge is 0.396 e. The minimum absolute atomic E-state index is 0.00443. The molecule has 0 saturated carbocycles. The van der Waals surface area contributed by atoms with Crippen LogP contribution in [0, 0.1) is 5.92 Å². The Morgan fingerprint density at radius 1 is 1.08 bits per heavy atom. The van der Waals surface area contributed by atoms with Gasteiger partial charge in [-0.05, 0) is 30.2 Å². The number of nitrogens with zero attached hydrogens (tertiary/aromatic N) is 1. The fourth-order valence-electron chi connectivity index (χ4n) is 2.83. The molecule has 1 aromatic rings. The molecule has 2 rings (SSSR count). The van der Waals surface area contributed by atoms with E-state index in [9.17, 15) is 36.2 Å². The summed E-state index contributed by atoms with van der Waals surface area (Å²) in [4.78, 5) is 13.4. The Bertz CT molecular complexity index is 626. The summed E-state index contributed by atoms with van der Waals surface area (Å²) in [5.41, 5.74) is -3.36. The summed E-state index contributed by atoms with van der Waals surface area (Å²) in [6.07, 6.45) is -11.3. The molecule has 0 radical (unpaired) electrons. The lowest BCUT2D eigenvalue weighted by Gasteiger charge is -2.35. The van der Waals surface area contributed by atoms with E-state index in [2.05, 4.69) is 0 Å². The first kappa shape index (κ1) is 20.5. The summed E-state index contributed by atoms with van der Waals surface area (Å²) in [5, 5.41) is 18.9. The fraction of sp³-hybridized carbons (Fsp3) is 0.562. The SMILES string of the molecule is O=C(Cc1cc(C(F)(F)F)cc(C(F)(F)F)c1)N1CC[C@H](CO)[C@H](O)C1. The van der Waals surface area contributed by atoms with Crippen LogP contribution in [0.25, 0.3) is 0 Å². The summed E-state index contributed by atoms with van der Waals surface area (Å²) in [6, 6.07) is 1.04. The molecule has 0 aliphatic carbocycles. The number of aliphatic hydroxyl groups excluding tert-OH is 2. The van der Waals surface area contributed by atoms with E-state index < -0.39 is 53.4 Å². The molecule has 1 fully saturated rings. The van der Waals surface area contributed by atoms with E-state index in [4.69, 9.17) is 5.11 Å². The fourth-order valence-corrected chi connectivity index (χ4v) is 2.83. The van der Waals surface area contributed by atoms with Gasteiger partial charge in [-0.15, -0.1) is 0 Å². The monoisotopic (exact) mass is 385 g/mol. The molecule has 1 saturated heterocycles. The largest absolute Gasteiger partial charge is 0.416 e. The minimum atomic E-state index is -4.98. The lowest BCUT2D eigenvalue weighted by Crippen LogP contribution is -2.48. The highest BCUT2D eigenvalue weighted by molar-refractivity contribution is 5.79. The van der Waals surface area contributed by atoms with Gasteiger partial charge in [-0.2, -0.15) is 26.3 Å². The number of halogens is 6. The highest BCUT2D eigenvalue weighted by Crippen LogP contribution is 2.36. The molecule has 10 heteroatoms. The number of β-amino-alcohol motifs (C(OH)–C–C–N with tert-alkyl or cyclic N) is 1. The Morgan fingerprint density at radius 2 is 1.62 bits per heavy atom. The van der Waals surface area contributed by atoms with Crippen molar-refractivity contribution in [3.8, 4) is 0 Å². The van der Waals surface area contributed by atoms with Gasteiger partial charge in [-0.3, -0.25) is 4.79 Å². The third kappa shape index (κ3) is 4.88. The zero-order chi connectivity index (χ0) is 19.7. The number of amides is 1. The molecule has 1 heterocycles. The van der Waals surface area contributed by atoms with Gasteiger partial charge in [0.15, 0.2) is 0 Å². The lowest BCUT2D eigenvalue weighted by molar-refractivity contribution is -0.143. The molecule has 4 nitrogen and oxygen atoms in total. The molecular formula is C16H17F6NO3. The maximum atomic E-state index is 12.8. The average Bonchev–Trinajstić information content (AvgIpc) is 2.52. The van der Waals surface area contributed by atoms with Crippen LogP contribution in [-0.4, -0.2) is 46.8 Å². The molecule has 26 heavy (non-hydrogen) atoms. The number of likely N-dealkylation sites (tertiary alicyclic amines) is 1. The van der Waals surface area contributed by atoms with Crippen LogP contribution in [0.15, 0.2) is 18.2 Å². The third-order valence-electron chi connectivity index (χ3n) is 4.31. The van der Waals surface area contributed by atoms with Gasteiger partial charge >= 0.3 is 12.4 Å². The van der Waals surface area contributed by atoms with Crippen LogP contribution in [0.3, 0.4) is 0 Å². The van der Waals surface area contributed by atoms with E-state index in [0.717, 1.165) is 0 Å². The summed E-state index contributed by atoms with van der Waals surface area (Å²) >= 11 is 0. The quantitative estimate of drug-likeness (QED) is 0.786. The number of carbonyl (C=O) groups excluding carboxylic acids is 1. The van der Waals surface area contributed by atoms with Crippen LogP contribution in [-0.2, 0) is 23.6 Å². The molecule has 2 N–H and O–H groups in total. The number of benzene rings is 1. The molecule has 2 atom stereocenters. The first-order valence-electron chi connectivity index (χ1n) is 7.77. The normalized spacial score (nSPS) is 21.8. The van der Waals surface area contributed by atoms with Crippen molar-refractivity contribution in [3.05, 3.63) is 34.9 Å². The molecule has 0 bridgehead atoms. The molecular weight excluding hydrogens is 368 g/mol. The number of piperidine rings is 1. The molecule has 0 unspecified atom stereocenters. The van der Waals surface area contributed by atoms with E-state index in [0.29, 0.717) is 18.6 Å². The molecule has 1 amide bonds. The number of hydrogen-bond donors (Lipinski definition) is 2. The number of rotatable bonds is 3. The van der Waals surface area contributed by atoms with Crippen LogP contribution >= 0.6 is 0 Å². The molecule has 1 aliphatic heterocycles. The minimum Gasteiger partial charge on any atom is -0.396 e. The van der Waals surface area contributed by atoms with Crippen molar-refractivity contribution in [2.75, 3.05) is 19.7 Å². The van der Waals surface area contributed by atoms with Crippen molar-refractivity contribution < 1.29 is 41.4 Å². The van der Waals surface area contributed by atoms with Crippen molar-refractivity contribution >= 4 is 5.91 Å². The predicted molar refractivity (Wildman–Crippen MR) is 77.9 cm³/mol. The van der Waals surface area contributed by atoms with Crippen LogP contribution in [0.4, 0.5) is 26.3 Å². The van der Waals surface area contributed by atoms with Crippen molar-refractivity contribution in [2.24, 2.45) is 5.92 Å². The first-order valence-corrected chi connectivity index (χ1v) is 7.77. The van der Waals surface area contributed by atoms with Gasteiger partial charge in [0.2, 0.25) is 5.91 Å². The van der Waals surface area contributed by atoms with Gasteiger partial charge in [-0.1, -0.05) is 0 Å². The average molecular weight is 385 g/mol. The Kier molecular flexibility index (Phi) is 5.86. The maximum Gasteiger partial charge on any atom is 0.416 e. The van der Waals surface area contributed by atoms with Crippen molar-refractivity contribution in [1.29, 1.82) is 0 Å². The van der Waals surface area contributed by atoms with Gasteiger partial charge in [0.05, 0.1) is 23.7 Å². The highest BCUT2D eigenvalue weighted by atomic mass is 19.4.